The number of amides is 1. The molecular weight excluding hydrogens is 294 g/mol. The number of benzene rings is 1. The van der Waals surface area contributed by atoms with Crippen molar-refractivity contribution in [1.82, 2.24) is 10.3 Å². The smallest absolute Gasteiger partial charge is 0.253 e. The first-order chi connectivity index (χ1) is 9.61. The first-order valence-corrected chi connectivity index (χ1v) is 7.58. The van der Waals surface area contributed by atoms with Crippen LogP contribution in [-0.2, 0) is 6.54 Å². The summed E-state index contributed by atoms with van der Waals surface area (Å²) in [6.07, 6.45) is 0. The fourth-order valence-corrected chi connectivity index (χ4v) is 2.69. The summed E-state index contributed by atoms with van der Waals surface area (Å²) in [5.74, 6) is -0.142. The minimum atomic E-state index is -0.142. The molecule has 0 spiro atoms. The lowest BCUT2D eigenvalue weighted by Gasteiger charge is -2.11. The third kappa shape index (κ3) is 3.49. The van der Waals surface area contributed by atoms with Gasteiger partial charge in [-0.05, 0) is 32.0 Å². The standard InChI is InChI=1S/C14H16ClN3OS/c1-3-16-12-5-4-10(15)6-11(12)14(19)17-7-13-9(2)18-8-20-13/h4-6,8,16H,3,7H2,1-2H3,(H,17,19). The van der Waals surface area contributed by atoms with Crippen LogP contribution in [0.3, 0.4) is 0 Å². The number of aryl methyl sites for hydroxylation is 1. The van der Waals surface area contributed by atoms with Crippen molar-refractivity contribution in [3.8, 4) is 0 Å². The summed E-state index contributed by atoms with van der Waals surface area (Å²) >= 11 is 7.51. The Hall–Kier alpha value is -1.59. The normalized spacial score (nSPS) is 10.3. The molecule has 0 unspecified atom stereocenters. The van der Waals surface area contributed by atoms with E-state index >= 15 is 0 Å². The van der Waals surface area contributed by atoms with Crippen molar-refractivity contribution >= 4 is 34.5 Å². The molecule has 0 bridgehead atoms. The van der Waals surface area contributed by atoms with Gasteiger partial charge in [-0.1, -0.05) is 11.6 Å². The lowest BCUT2D eigenvalue weighted by molar-refractivity contribution is 0.0952. The average Bonchev–Trinajstić information content (AvgIpc) is 2.84. The highest BCUT2D eigenvalue weighted by Gasteiger charge is 2.12. The first-order valence-electron chi connectivity index (χ1n) is 6.32. The van der Waals surface area contributed by atoms with Crippen LogP contribution >= 0.6 is 22.9 Å². The molecule has 0 aliphatic rings. The highest BCUT2D eigenvalue weighted by Crippen LogP contribution is 2.21. The molecule has 0 atom stereocenters. The zero-order valence-electron chi connectivity index (χ0n) is 11.4. The molecule has 1 aromatic heterocycles. The van der Waals surface area contributed by atoms with E-state index in [-0.39, 0.29) is 5.91 Å². The van der Waals surface area contributed by atoms with E-state index < -0.39 is 0 Å². The van der Waals surface area contributed by atoms with Crippen LogP contribution in [0.2, 0.25) is 5.02 Å². The highest BCUT2D eigenvalue weighted by atomic mass is 35.5. The highest BCUT2D eigenvalue weighted by molar-refractivity contribution is 7.09. The molecule has 6 heteroatoms. The largest absolute Gasteiger partial charge is 0.385 e. The lowest BCUT2D eigenvalue weighted by atomic mass is 10.1. The van der Waals surface area contributed by atoms with Crippen LogP contribution in [0.25, 0.3) is 0 Å². The zero-order chi connectivity index (χ0) is 14.5. The van der Waals surface area contributed by atoms with Gasteiger partial charge in [-0.3, -0.25) is 4.79 Å². The quantitative estimate of drug-likeness (QED) is 0.889. The van der Waals surface area contributed by atoms with Gasteiger partial charge in [0.25, 0.3) is 5.91 Å². The minimum Gasteiger partial charge on any atom is -0.385 e. The Morgan fingerprint density at radius 2 is 2.25 bits per heavy atom. The van der Waals surface area contributed by atoms with E-state index in [9.17, 15) is 4.79 Å². The van der Waals surface area contributed by atoms with Gasteiger partial charge in [0.05, 0.1) is 23.3 Å². The van der Waals surface area contributed by atoms with Crippen LogP contribution in [0.1, 0.15) is 27.9 Å². The van der Waals surface area contributed by atoms with Gasteiger partial charge >= 0.3 is 0 Å². The van der Waals surface area contributed by atoms with Crippen LogP contribution in [-0.4, -0.2) is 17.4 Å². The SMILES string of the molecule is CCNc1ccc(Cl)cc1C(=O)NCc1scnc1C. The van der Waals surface area contributed by atoms with Gasteiger partial charge < -0.3 is 10.6 Å². The number of aromatic nitrogens is 1. The minimum absolute atomic E-state index is 0.142. The van der Waals surface area contributed by atoms with Crippen molar-refractivity contribution in [3.63, 3.8) is 0 Å². The molecule has 106 valence electrons. The number of halogens is 1. The number of thiazole rings is 1. The first kappa shape index (κ1) is 14.8. The molecule has 0 fully saturated rings. The van der Waals surface area contributed by atoms with Crippen LogP contribution in [0, 0.1) is 6.92 Å². The predicted molar refractivity (Wildman–Crippen MR) is 83.6 cm³/mol. The molecule has 1 heterocycles. The van der Waals surface area contributed by atoms with Crippen LogP contribution in [0.4, 0.5) is 5.69 Å². The Morgan fingerprint density at radius 3 is 2.90 bits per heavy atom. The fraction of sp³-hybridized carbons (Fsp3) is 0.286. The molecule has 0 radical (unpaired) electrons. The molecule has 2 rings (SSSR count). The molecule has 0 aliphatic heterocycles. The van der Waals surface area contributed by atoms with E-state index in [2.05, 4.69) is 15.6 Å². The summed E-state index contributed by atoms with van der Waals surface area (Å²) in [4.78, 5) is 17.5. The summed E-state index contributed by atoms with van der Waals surface area (Å²) < 4.78 is 0. The Morgan fingerprint density at radius 1 is 1.45 bits per heavy atom. The van der Waals surface area contributed by atoms with Gasteiger partial charge in [0, 0.05) is 22.1 Å². The van der Waals surface area contributed by atoms with E-state index in [1.54, 1.807) is 17.6 Å². The Balaban J connectivity index is 2.12. The second kappa shape index (κ2) is 6.72. The van der Waals surface area contributed by atoms with E-state index in [1.807, 2.05) is 19.9 Å². The number of nitrogens with zero attached hydrogens (tertiary/aromatic N) is 1. The van der Waals surface area contributed by atoms with Gasteiger partial charge in [0.2, 0.25) is 0 Å². The number of nitrogens with one attached hydrogen (secondary N) is 2. The monoisotopic (exact) mass is 309 g/mol. The molecule has 0 saturated carbocycles. The van der Waals surface area contributed by atoms with Crippen molar-refractivity contribution in [2.45, 2.75) is 20.4 Å². The van der Waals surface area contributed by atoms with Crippen LogP contribution in [0.15, 0.2) is 23.7 Å². The second-order valence-electron chi connectivity index (χ2n) is 4.26. The fourth-order valence-electron chi connectivity index (χ4n) is 1.80. The van der Waals surface area contributed by atoms with Crippen molar-refractivity contribution < 1.29 is 4.79 Å². The van der Waals surface area contributed by atoms with Crippen LogP contribution in [0.5, 0.6) is 0 Å². The van der Waals surface area contributed by atoms with Gasteiger partial charge in [-0.15, -0.1) is 11.3 Å². The number of anilines is 1. The summed E-state index contributed by atoms with van der Waals surface area (Å²) in [6.45, 7) is 5.14. The number of carbonyl (C=O) groups excluding carboxylic acids is 1. The maximum atomic E-state index is 12.3. The summed E-state index contributed by atoms with van der Waals surface area (Å²) in [5, 5.41) is 6.61. The summed E-state index contributed by atoms with van der Waals surface area (Å²) in [6, 6.07) is 5.26. The van der Waals surface area contributed by atoms with Gasteiger partial charge in [0.15, 0.2) is 0 Å². The molecule has 20 heavy (non-hydrogen) atoms. The molecule has 0 saturated heterocycles. The molecule has 1 aromatic carbocycles. The summed E-state index contributed by atoms with van der Waals surface area (Å²) in [7, 11) is 0. The number of rotatable bonds is 5. The van der Waals surface area contributed by atoms with E-state index in [1.165, 1.54) is 11.3 Å². The Labute approximate surface area is 127 Å². The lowest BCUT2D eigenvalue weighted by Crippen LogP contribution is -2.24. The molecular formula is C14H16ClN3OS. The zero-order valence-corrected chi connectivity index (χ0v) is 12.9. The van der Waals surface area contributed by atoms with Crippen LogP contribution < -0.4 is 10.6 Å². The Kier molecular flexibility index (Phi) is 4.98. The maximum absolute atomic E-state index is 12.3. The second-order valence-corrected chi connectivity index (χ2v) is 5.64. The van der Waals surface area contributed by atoms with Gasteiger partial charge in [-0.25, -0.2) is 4.98 Å². The maximum Gasteiger partial charge on any atom is 0.253 e. The van der Waals surface area contributed by atoms with E-state index in [4.69, 9.17) is 11.6 Å². The predicted octanol–water partition coefficient (Wildman–Crippen LogP) is 3.47. The Bertz CT molecular complexity index is 612. The number of carbonyl (C=O) groups is 1. The molecule has 1 amide bonds. The molecule has 0 aliphatic carbocycles. The van der Waals surface area contributed by atoms with Crippen molar-refractivity contribution in [1.29, 1.82) is 0 Å². The van der Waals surface area contributed by atoms with Crippen molar-refractivity contribution in [2.75, 3.05) is 11.9 Å². The average molecular weight is 310 g/mol. The third-order valence-corrected chi connectivity index (χ3v) is 4.02. The molecule has 4 nitrogen and oxygen atoms in total. The third-order valence-electron chi connectivity index (χ3n) is 2.85. The molecule has 2 N–H and O–H groups in total. The molecule has 2 aromatic rings. The van der Waals surface area contributed by atoms with E-state index in [0.717, 1.165) is 22.8 Å². The summed E-state index contributed by atoms with van der Waals surface area (Å²) in [5.41, 5.74) is 4.07. The topological polar surface area (TPSA) is 54.0 Å². The van der Waals surface area contributed by atoms with Crippen molar-refractivity contribution in [2.24, 2.45) is 0 Å². The van der Waals surface area contributed by atoms with Gasteiger partial charge in [-0.2, -0.15) is 0 Å². The van der Waals surface area contributed by atoms with Crippen molar-refractivity contribution in [3.05, 3.63) is 44.9 Å². The van der Waals surface area contributed by atoms with Gasteiger partial charge in [0.1, 0.15) is 0 Å². The number of hydrogen-bond donors (Lipinski definition) is 2. The van der Waals surface area contributed by atoms with E-state index in [0.29, 0.717) is 17.1 Å². The number of hydrogen-bond acceptors (Lipinski definition) is 4.